The van der Waals surface area contributed by atoms with Crippen molar-refractivity contribution in [2.45, 2.75) is 116 Å². The Morgan fingerprint density at radius 1 is 0.600 bits per heavy atom. The van der Waals surface area contributed by atoms with Crippen LogP contribution in [-0.4, -0.2) is 25.2 Å². The highest BCUT2D eigenvalue weighted by atomic mass is 16.5. The van der Waals surface area contributed by atoms with E-state index in [2.05, 4.69) is 13.2 Å². The predicted octanol–water partition coefficient (Wildman–Crippen LogP) is 7.47. The first kappa shape index (κ1) is 28.4. The van der Waals surface area contributed by atoms with E-state index in [1.165, 1.54) is 89.5 Å². The lowest BCUT2D eigenvalue weighted by Gasteiger charge is -2.05. The second kappa shape index (κ2) is 22.1. The molecule has 0 radical (unpaired) electrons. The lowest BCUT2D eigenvalue weighted by atomic mass is 10.0. The van der Waals surface area contributed by atoms with Crippen molar-refractivity contribution in [3.8, 4) is 0 Å². The molecule has 0 aromatic heterocycles. The molecule has 0 N–H and O–H groups in total. The molecule has 4 heteroatoms. The maximum atomic E-state index is 11.2. The number of hydrogen-bond acceptors (Lipinski definition) is 4. The molecule has 0 amide bonds. The highest BCUT2D eigenvalue weighted by molar-refractivity contribution is 5.86. The summed E-state index contributed by atoms with van der Waals surface area (Å²) in [6, 6.07) is 0. The minimum absolute atomic E-state index is 0.268. The summed E-state index contributed by atoms with van der Waals surface area (Å²) in [5.74, 6) is -0.582. The normalized spacial score (nSPS) is 10.6. The Bertz CT molecular complexity index is 456. The monoisotopic (exact) mass is 422 g/mol. The molecular weight excluding hydrogens is 376 g/mol. The molecule has 174 valence electrons. The number of unbranched alkanes of at least 4 members (excludes halogenated alkanes) is 16. The van der Waals surface area contributed by atoms with Crippen LogP contribution in [0.25, 0.3) is 0 Å². The van der Waals surface area contributed by atoms with Crippen LogP contribution in [0.3, 0.4) is 0 Å². The summed E-state index contributed by atoms with van der Waals surface area (Å²) in [5.41, 5.74) is 0.479. The zero-order chi connectivity index (χ0) is 22.3. The van der Waals surface area contributed by atoms with Gasteiger partial charge in [0.1, 0.15) is 0 Å². The fourth-order valence-corrected chi connectivity index (χ4v) is 3.38. The van der Waals surface area contributed by atoms with E-state index in [4.69, 9.17) is 9.47 Å². The minimum Gasteiger partial charge on any atom is -0.463 e. The highest BCUT2D eigenvalue weighted by Crippen LogP contribution is 2.14. The van der Waals surface area contributed by atoms with E-state index in [0.717, 1.165) is 25.7 Å². The van der Waals surface area contributed by atoms with Gasteiger partial charge in [-0.2, -0.15) is 0 Å². The Balaban J connectivity index is 3.10. The van der Waals surface area contributed by atoms with Crippen LogP contribution >= 0.6 is 0 Å². The van der Waals surface area contributed by atoms with Crippen molar-refractivity contribution in [2.24, 2.45) is 0 Å². The van der Waals surface area contributed by atoms with Crippen molar-refractivity contribution >= 4 is 11.9 Å². The molecule has 0 rings (SSSR count). The fraction of sp³-hybridized carbons (Fsp3) is 0.769. The van der Waals surface area contributed by atoms with Crippen LogP contribution in [0.4, 0.5) is 0 Å². The number of carbonyl (C=O) groups is 2. The van der Waals surface area contributed by atoms with E-state index in [1.807, 2.05) is 0 Å². The van der Waals surface area contributed by atoms with Crippen molar-refractivity contribution in [2.75, 3.05) is 13.2 Å². The van der Waals surface area contributed by atoms with E-state index in [-0.39, 0.29) is 11.9 Å². The van der Waals surface area contributed by atoms with Gasteiger partial charge in [-0.3, -0.25) is 0 Å². The molecule has 0 aliphatic carbocycles. The molecular formula is C26H46O4. The molecule has 0 saturated heterocycles. The van der Waals surface area contributed by atoms with Crippen molar-refractivity contribution in [1.29, 1.82) is 0 Å². The number of esters is 2. The standard InChI is InChI=1S/C26H46O4/c1-4-25(27)29-22-20-18-16-14-12-10-8-6-5-7-9-11-13-15-17-19-21-23-30-26(28)24(2)3/h4H,1-2,5-23H2,3H3. The summed E-state index contributed by atoms with van der Waals surface area (Å²) >= 11 is 0. The maximum absolute atomic E-state index is 11.2. The number of rotatable bonds is 22. The van der Waals surface area contributed by atoms with Gasteiger partial charge in [0.2, 0.25) is 0 Å². The first-order valence-corrected chi connectivity index (χ1v) is 12.2. The SMILES string of the molecule is C=CC(=O)OCCCCCCCCCCCCCCCCCCCOC(=O)C(=C)C. The van der Waals surface area contributed by atoms with Crippen LogP contribution in [0.5, 0.6) is 0 Å². The fourth-order valence-electron chi connectivity index (χ4n) is 3.38. The molecule has 0 aliphatic heterocycles. The Morgan fingerprint density at radius 3 is 1.20 bits per heavy atom. The second-order valence-electron chi connectivity index (χ2n) is 8.30. The van der Waals surface area contributed by atoms with Crippen LogP contribution in [0.15, 0.2) is 24.8 Å². The van der Waals surface area contributed by atoms with Gasteiger partial charge in [-0.25, -0.2) is 9.59 Å². The highest BCUT2D eigenvalue weighted by Gasteiger charge is 2.01. The van der Waals surface area contributed by atoms with Gasteiger partial charge in [0.05, 0.1) is 13.2 Å². The molecule has 4 nitrogen and oxygen atoms in total. The molecule has 30 heavy (non-hydrogen) atoms. The van der Waals surface area contributed by atoms with Crippen molar-refractivity contribution in [3.05, 3.63) is 24.8 Å². The summed E-state index contributed by atoms with van der Waals surface area (Å²) in [6.07, 6.45) is 22.7. The van der Waals surface area contributed by atoms with Crippen LogP contribution < -0.4 is 0 Å². The molecule has 0 unspecified atom stereocenters. The molecule has 0 saturated carbocycles. The maximum Gasteiger partial charge on any atom is 0.333 e. The van der Waals surface area contributed by atoms with Gasteiger partial charge < -0.3 is 9.47 Å². The average molecular weight is 423 g/mol. The van der Waals surface area contributed by atoms with Gasteiger partial charge >= 0.3 is 11.9 Å². The van der Waals surface area contributed by atoms with E-state index in [0.29, 0.717) is 18.8 Å². The Morgan fingerprint density at radius 2 is 0.900 bits per heavy atom. The van der Waals surface area contributed by atoms with Gasteiger partial charge in [-0.1, -0.05) is 109 Å². The molecule has 0 bridgehead atoms. The first-order chi connectivity index (χ1) is 14.6. The topological polar surface area (TPSA) is 52.6 Å². The predicted molar refractivity (Wildman–Crippen MR) is 125 cm³/mol. The van der Waals surface area contributed by atoms with Gasteiger partial charge in [-0.05, 0) is 19.8 Å². The summed E-state index contributed by atoms with van der Waals surface area (Å²) in [7, 11) is 0. The second-order valence-corrected chi connectivity index (χ2v) is 8.30. The van der Waals surface area contributed by atoms with Gasteiger partial charge in [-0.15, -0.1) is 0 Å². The van der Waals surface area contributed by atoms with Crippen LogP contribution in [-0.2, 0) is 19.1 Å². The first-order valence-electron chi connectivity index (χ1n) is 12.2. The lowest BCUT2D eigenvalue weighted by molar-refractivity contribution is -0.139. The third-order valence-electron chi connectivity index (χ3n) is 5.28. The summed E-state index contributed by atoms with van der Waals surface area (Å²) in [4.78, 5) is 22.1. The van der Waals surface area contributed by atoms with Gasteiger partial charge in [0.25, 0.3) is 0 Å². The third-order valence-corrected chi connectivity index (χ3v) is 5.28. The van der Waals surface area contributed by atoms with E-state index in [9.17, 15) is 9.59 Å². The summed E-state index contributed by atoms with van der Waals surface area (Å²) in [5, 5.41) is 0. The molecule has 0 aromatic rings. The average Bonchev–Trinajstić information content (AvgIpc) is 2.74. The molecule has 0 spiro atoms. The number of carbonyl (C=O) groups excluding carboxylic acids is 2. The van der Waals surface area contributed by atoms with Crippen LogP contribution in [0.1, 0.15) is 116 Å². The summed E-state index contributed by atoms with van der Waals surface area (Å²) in [6.45, 7) is 9.69. The smallest absolute Gasteiger partial charge is 0.333 e. The van der Waals surface area contributed by atoms with Crippen LogP contribution in [0, 0.1) is 0 Å². The van der Waals surface area contributed by atoms with Crippen molar-refractivity contribution < 1.29 is 19.1 Å². The molecule has 0 heterocycles. The number of hydrogen-bond donors (Lipinski definition) is 0. The quantitative estimate of drug-likeness (QED) is 0.103. The largest absolute Gasteiger partial charge is 0.463 e. The molecule has 0 fully saturated rings. The van der Waals surface area contributed by atoms with Gasteiger partial charge in [0, 0.05) is 11.6 Å². The van der Waals surface area contributed by atoms with Crippen molar-refractivity contribution in [1.82, 2.24) is 0 Å². The van der Waals surface area contributed by atoms with E-state index < -0.39 is 0 Å². The zero-order valence-electron chi connectivity index (χ0n) is 19.6. The minimum atomic E-state index is -0.314. The van der Waals surface area contributed by atoms with E-state index in [1.54, 1.807) is 6.92 Å². The van der Waals surface area contributed by atoms with Crippen molar-refractivity contribution in [3.63, 3.8) is 0 Å². The van der Waals surface area contributed by atoms with Gasteiger partial charge in [0.15, 0.2) is 0 Å². The Hall–Kier alpha value is -1.58. The Labute approximate surface area is 185 Å². The number of ether oxygens (including phenoxy) is 2. The van der Waals surface area contributed by atoms with Crippen LogP contribution in [0.2, 0.25) is 0 Å². The third kappa shape index (κ3) is 21.1. The lowest BCUT2D eigenvalue weighted by Crippen LogP contribution is -2.05. The Kier molecular flexibility index (Phi) is 20.9. The molecule has 0 aromatic carbocycles. The zero-order valence-corrected chi connectivity index (χ0v) is 19.6. The summed E-state index contributed by atoms with van der Waals surface area (Å²) < 4.78 is 10.1. The molecule has 0 aliphatic rings. The van der Waals surface area contributed by atoms with E-state index >= 15 is 0 Å². The molecule has 0 atom stereocenters.